The lowest BCUT2D eigenvalue weighted by atomic mass is 10.2. The second kappa shape index (κ2) is 7.41. The summed E-state index contributed by atoms with van der Waals surface area (Å²) in [4.78, 5) is 25.2. The third-order valence-corrected chi connectivity index (χ3v) is 2.91. The molecule has 104 valence electrons. The molecule has 0 unspecified atom stereocenters. The highest BCUT2D eigenvalue weighted by molar-refractivity contribution is 5.94. The molecule has 5 heteroatoms. The standard InChI is InChI=1S/C14H21N3O2/c1-3-17(4-2)13(18)9-10-16-14(19)11-5-7-12(15)8-6-11/h5-8H,3-4,9-10,15H2,1-2H3,(H,16,19). The SMILES string of the molecule is CCN(CC)C(=O)CCNC(=O)c1ccc(N)cc1. The van der Waals surface area contributed by atoms with Crippen LogP contribution in [0.15, 0.2) is 24.3 Å². The highest BCUT2D eigenvalue weighted by Crippen LogP contribution is 2.05. The van der Waals surface area contributed by atoms with E-state index < -0.39 is 0 Å². The predicted molar refractivity (Wildman–Crippen MR) is 75.7 cm³/mol. The number of carbonyl (C=O) groups excluding carboxylic acids is 2. The summed E-state index contributed by atoms with van der Waals surface area (Å²) in [5, 5.41) is 2.73. The average Bonchev–Trinajstić information content (AvgIpc) is 2.40. The zero-order valence-electron chi connectivity index (χ0n) is 11.5. The normalized spacial score (nSPS) is 10.0. The fourth-order valence-electron chi connectivity index (χ4n) is 1.75. The van der Waals surface area contributed by atoms with E-state index in [1.807, 2.05) is 13.8 Å². The molecule has 1 aromatic rings. The molecule has 5 nitrogen and oxygen atoms in total. The van der Waals surface area contributed by atoms with Crippen molar-refractivity contribution >= 4 is 17.5 Å². The third-order valence-electron chi connectivity index (χ3n) is 2.91. The van der Waals surface area contributed by atoms with Crippen molar-refractivity contribution in [1.82, 2.24) is 10.2 Å². The molecule has 0 atom stereocenters. The maximum absolute atomic E-state index is 11.8. The summed E-state index contributed by atoms with van der Waals surface area (Å²) in [6.45, 7) is 5.61. The molecule has 0 radical (unpaired) electrons. The van der Waals surface area contributed by atoms with Gasteiger partial charge in [0.1, 0.15) is 0 Å². The maximum Gasteiger partial charge on any atom is 0.251 e. The van der Waals surface area contributed by atoms with Gasteiger partial charge in [-0.25, -0.2) is 0 Å². The summed E-state index contributed by atoms with van der Waals surface area (Å²) in [7, 11) is 0. The number of hydrogen-bond acceptors (Lipinski definition) is 3. The molecule has 0 saturated carbocycles. The van der Waals surface area contributed by atoms with Crippen LogP contribution in [0.25, 0.3) is 0 Å². The second-order valence-electron chi connectivity index (χ2n) is 4.19. The van der Waals surface area contributed by atoms with Crippen molar-refractivity contribution in [3.05, 3.63) is 29.8 Å². The van der Waals surface area contributed by atoms with E-state index >= 15 is 0 Å². The van der Waals surface area contributed by atoms with E-state index in [4.69, 9.17) is 5.73 Å². The van der Waals surface area contributed by atoms with Crippen LogP contribution in [-0.2, 0) is 4.79 Å². The van der Waals surface area contributed by atoms with Crippen LogP contribution in [0, 0.1) is 0 Å². The van der Waals surface area contributed by atoms with Crippen molar-refractivity contribution in [3.8, 4) is 0 Å². The number of rotatable bonds is 6. The highest BCUT2D eigenvalue weighted by Gasteiger charge is 2.10. The number of nitrogens with zero attached hydrogens (tertiary/aromatic N) is 1. The summed E-state index contributed by atoms with van der Waals surface area (Å²) in [5.41, 5.74) is 6.71. The molecule has 0 saturated heterocycles. The van der Waals surface area contributed by atoms with Gasteiger partial charge in [0.25, 0.3) is 5.91 Å². The van der Waals surface area contributed by atoms with Crippen molar-refractivity contribution in [2.75, 3.05) is 25.4 Å². The van der Waals surface area contributed by atoms with Crippen molar-refractivity contribution < 1.29 is 9.59 Å². The van der Waals surface area contributed by atoms with Crippen LogP contribution in [0.1, 0.15) is 30.6 Å². The molecule has 0 fully saturated rings. The molecule has 1 rings (SSSR count). The largest absolute Gasteiger partial charge is 0.399 e. The highest BCUT2D eigenvalue weighted by atomic mass is 16.2. The number of carbonyl (C=O) groups is 2. The van der Waals surface area contributed by atoms with E-state index in [0.717, 1.165) is 0 Å². The van der Waals surface area contributed by atoms with Crippen molar-refractivity contribution in [1.29, 1.82) is 0 Å². The molecule has 19 heavy (non-hydrogen) atoms. The van der Waals surface area contributed by atoms with Crippen LogP contribution in [0.3, 0.4) is 0 Å². The van der Waals surface area contributed by atoms with Gasteiger partial charge in [0, 0.05) is 37.3 Å². The van der Waals surface area contributed by atoms with Crippen LogP contribution in [0.4, 0.5) is 5.69 Å². The maximum atomic E-state index is 11.8. The number of benzene rings is 1. The molecule has 3 N–H and O–H groups in total. The van der Waals surface area contributed by atoms with Gasteiger partial charge in [-0.2, -0.15) is 0 Å². The van der Waals surface area contributed by atoms with E-state index in [1.54, 1.807) is 29.2 Å². The lowest BCUT2D eigenvalue weighted by Crippen LogP contribution is -2.34. The minimum Gasteiger partial charge on any atom is -0.399 e. The van der Waals surface area contributed by atoms with Crippen molar-refractivity contribution in [3.63, 3.8) is 0 Å². The molecular weight excluding hydrogens is 242 g/mol. The predicted octanol–water partition coefficient (Wildman–Crippen LogP) is 1.26. The number of anilines is 1. The molecule has 0 aliphatic heterocycles. The number of hydrogen-bond donors (Lipinski definition) is 2. The summed E-state index contributed by atoms with van der Waals surface area (Å²) in [5.74, 6) is -0.130. The molecule has 2 amide bonds. The third kappa shape index (κ3) is 4.62. The van der Waals surface area contributed by atoms with E-state index in [9.17, 15) is 9.59 Å². The Morgan fingerprint density at radius 2 is 1.74 bits per heavy atom. The lowest BCUT2D eigenvalue weighted by molar-refractivity contribution is -0.130. The first-order chi connectivity index (χ1) is 9.08. The summed E-state index contributed by atoms with van der Waals surface area (Å²) >= 11 is 0. The Balaban J connectivity index is 2.39. The Morgan fingerprint density at radius 3 is 2.26 bits per heavy atom. The van der Waals surface area contributed by atoms with E-state index in [0.29, 0.717) is 37.3 Å². The van der Waals surface area contributed by atoms with Gasteiger partial charge >= 0.3 is 0 Å². The Morgan fingerprint density at radius 1 is 1.16 bits per heavy atom. The first-order valence-corrected chi connectivity index (χ1v) is 6.50. The lowest BCUT2D eigenvalue weighted by Gasteiger charge is -2.18. The Labute approximate surface area is 113 Å². The molecular formula is C14H21N3O2. The number of nitrogens with two attached hydrogens (primary N) is 1. The Hall–Kier alpha value is -2.04. The topological polar surface area (TPSA) is 75.4 Å². The zero-order chi connectivity index (χ0) is 14.3. The van der Waals surface area contributed by atoms with E-state index in [2.05, 4.69) is 5.32 Å². The Kier molecular flexibility index (Phi) is 5.85. The quantitative estimate of drug-likeness (QED) is 0.759. The van der Waals surface area contributed by atoms with Gasteiger partial charge in [-0.05, 0) is 38.1 Å². The molecule has 0 aromatic heterocycles. The molecule has 0 heterocycles. The van der Waals surface area contributed by atoms with Crippen LogP contribution in [-0.4, -0.2) is 36.3 Å². The van der Waals surface area contributed by atoms with Gasteiger partial charge in [0.05, 0.1) is 0 Å². The van der Waals surface area contributed by atoms with E-state index in [-0.39, 0.29) is 11.8 Å². The minimum atomic E-state index is -0.188. The monoisotopic (exact) mass is 263 g/mol. The van der Waals surface area contributed by atoms with Gasteiger partial charge in [0.15, 0.2) is 0 Å². The molecule has 0 aliphatic carbocycles. The summed E-state index contributed by atoms with van der Waals surface area (Å²) < 4.78 is 0. The summed E-state index contributed by atoms with van der Waals surface area (Å²) in [6, 6.07) is 6.68. The van der Waals surface area contributed by atoms with E-state index in [1.165, 1.54) is 0 Å². The van der Waals surface area contributed by atoms with Crippen molar-refractivity contribution in [2.45, 2.75) is 20.3 Å². The molecule has 0 aliphatic rings. The molecule has 0 bridgehead atoms. The van der Waals surface area contributed by atoms with Gasteiger partial charge in [-0.1, -0.05) is 0 Å². The minimum absolute atomic E-state index is 0.0580. The molecule has 1 aromatic carbocycles. The zero-order valence-corrected chi connectivity index (χ0v) is 11.5. The van der Waals surface area contributed by atoms with Crippen LogP contribution >= 0.6 is 0 Å². The van der Waals surface area contributed by atoms with Crippen LogP contribution in [0.5, 0.6) is 0 Å². The molecule has 0 spiro atoms. The van der Waals surface area contributed by atoms with Gasteiger partial charge in [-0.15, -0.1) is 0 Å². The van der Waals surface area contributed by atoms with Gasteiger partial charge in [-0.3, -0.25) is 9.59 Å². The second-order valence-corrected chi connectivity index (χ2v) is 4.19. The number of nitrogen functional groups attached to an aromatic ring is 1. The number of nitrogens with one attached hydrogen (secondary N) is 1. The Bertz CT molecular complexity index is 425. The first-order valence-electron chi connectivity index (χ1n) is 6.50. The van der Waals surface area contributed by atoms with Gasteiger partial charge < -0.3 is 16.0 Å². The van der Waals surface area contributed by atoms with Gasteiger partial charge in [0.2, 0.25) is 5.91 Å². The summed E-state index contributed by atoms with van der Waals surface area (Å²) in [6.07, 6.45) is 0.322. The fraction of sp³-hybridized carbons (Fsp3) is 0.429. The smallest absolute Gasteiger partial charge is 0.251 e. The van der Waals surface area contributed by atoms with Crippen LogP contribution in [0.2, 0.25) is 0 Å². The first kappa shape index (κ1) is 15.0. The van der Waals surface area contributed by atoms with Crippen molar-refractivity contribution in [2.24, 2.45) is 0 Å². The number of amides is 2. The fourth-order valence-corrected chi connectivity index (χ4v) is 1.75. The average molecular weight is 263 g/mol. The van der Waals surface area contributed by atoms with Crippen LogP contribution < -0.4 is 11.1 Å².